The highest BCUT2D eigenvalue weighted by Crippen LogP contribution is 2.21. The molecular formula is C25H26N4O2S. The van der Waals surface area contributed by atoms with Crippen LogP contribution in [0.15, 0.2) is 72.4 Å². The van der Waals surface area contributed by atoms with Crippen molar-refractivity contribution in [1.29, 1.82) is 0 Å². The van der Waals surface area contributed by atoms with Gasteiger partial charge in [0.2, 0.25) is 0 Å². The summed E-state index contributed by atoms with van der Waals surface area (Å²) in [5.74, 6) is -0.159. The van der Waals surface area contributed by atoms with E-state index in [4.69, 9.17) is 0 Å². The molecule has 0 saturated carbocycles. The topological polar surface area (TPSA) is 67.2 Å². The lowest BCUT2D eigenvalue weighted by molar-refractivity contribution is 0.0723. The molecule has 0 spiro atoms. The number of nitrogens with one attached hydrogen (secondary N) is 1. The second-order valence-electron chi connectivity index (χ2n) is 7.84. The van der Waals surface area contributed by atoms with E-state index in [0.29, 0.717) is 30.6 Å². The molecule has 0 bridgehead atoms. The zero-order chi connectivity index (χ0) is 22.5. The number of fused-ring (bicyclic) bond motifs is 1. The predicted molar refractivity (Wildman–Crippen MR) is 128 cm³/mol. The molecule has 0 radical (unpaired) electrons. The van der Waals surface area contributed by atoms with E-state index in [9.17, 15) is 9.59 Å². The summed E-state index contributed by atoms with van der Waals surface area (Å²) >= 11 is 1.56. The van der Waals surface area contributed by atoms with Gasteiger partial charge in [0.25, 0.3) is 11.8 Å². The minimum absolute atomic E-state index is 0.0467. The molecule has 4 rings (SSSR count). The smallest absolute Gasteiger partial charge is 0.267 e. The molecule has 1 atom stereocenters. The molecule has 2 aromatic heterocycles. The largest absolute Gasteiger partial charge is 0.351 e. The summed E-state index contributed by atoms with van der Waals surface area (Å²) in [6, 6.07) is 19.3. The Kier molecular flexibility index (Phi) is 6.66. The lowest BCUT2D eigenvalue weighted by Gasteiger charge is -2.29. The van der Waals surface area contributed by atoms with Crippen molar-refractivity contribution in [2.75, 3.05) is 13.6 Å². The van der Waals surface area contributed by atoms with Gasteiger partial charge in [-0.3, -0.25) is 9.59 Å². The van der Waals surface area contributed by atoms with E-state index in [1.54, 1.807) is 32.4 Å². The number of amides is 2. The van der Waals surface area contributed by atoms with Gasteiger partial charge in [0.15, 0.2) is 0 Å². The number of hydrogen-bond donors (Lipinski definition) is 1. The Balaban J connectivity index is 1.48. The van der Waals surface area contributed by atoms with Crippen molar-refractivity contribution in [2.24, 2.45) is 7.05 Å². The van der Waals surface area contributed by atoms with E-state index < -0.39 is 0 Å². The summed E-state index contributed by atoms with van der Waals surface area (Å²) < 4.78 is 2.86. The number of nitrogens with zero attached hydrogens (tertiary/aromatic N) is 3. The maximum Gasteiger partial charge on any atom is 0.267 e. The first kappa shape index (κ1) is 21.8. The van der Waals surface area contributed by atoms with E-state index >= 15 is 0 Å². The molecule has 2 amide bonds. The van der Waals surface area contributed by atoms with Gasteiger partial charge in [-0.1, -0.05) is 30.3 Å². The van der Waals surface area contributed by atoms with Gasteiger partial charge in [-0.15, -0.1) is 11.3 Å². The summed E-state index contributed by atoms with van der Waals surface area (Å²) in [7, 11) is 3.68. The number of carbonyl (C=O) groups is 2. The number of aryl methyl sites for hydroxylation is 1. The van der Waals surface area contributed by atoms with Crippen LogP contribution in [0.2, 0.25) is 0 Å². The van der Waals surface area contributed by atoms with E-state index in [1.165, 1.54) is 0 Å². The van der Waals surface area contributed by atoms with Crippen molar-refractivity contribution >= 4 is 33.4 Å². The lowest BCUT2D eigenvalue weighted by Crippen LogP contribution is -2.41. The zero-order valence-electron chi connectivity index (χ0n) is 18.2. The van der Waals surface area contributed by atoms with Crippen molar-refractivity contribution in [1.82, 2.24) is 19.8 Å². The minimum Gasteiger partial charge on any atom is -0.351 e. The second-order valence-corrected chi connectivity index (χ2v) is 8.73. The van der Waals surface area contributed by atoms with Gasteiger partial charge in [-0.25, -0.2) is 4.98 Å². The molecule has 164 valence electrons. The highest BCUT2D eigenvalue weighted by Gasteiger charge is 2.22. The second kappa shape index (κ2) is 9.78. The van der Waals surface area contributed by atoms with Crippen LogP contribution in [-0.2, 0) is 13.5 Å². The van der Waals surface area contributed by atoms with Gasteiger partial charge in [0.05, 0.1) is 15.7 Å². The molecule has 2 heterocycles. The molecule has 0 aliphatic carbocycles. The van der Waals surface area contributed by atoms with Crippen molar-refractivity contribution in [2.45, 2.75) is 18.9 Å². The van der Waals surface area contributed by atoms with Crippen LogP contribution in [0, 0.1) is 0 Å². The molecule has 0 fully saturated rings. The number of carbonyl (C=O) groups excluding carboxylic acids is 2. The van der Waals surface area contributed by atoms with Crippen LogP contribution in [0.25, 0.3) is 10.2 Å². The van der Waals surface area contributed by atoms with Gasteiger partial charge in [0.1, 0.15) is 5.69 Å². The average molecular weight is 447 g/mol. The first-order chi connectivity index (χ1) is 15.5. The number of hydrogen-bond acceptors (Lipinski definition) is 4. The van der Waals surface area contributed by atoms with Gasteiger partial charge >= 0.3 is 0 Å². The van der Waals surface area contributed by atoms with Crippen LogP contribution >= 0.6 is 11.3 Å². The Labute approximate surface area is 191 Å². The molecule has 0 aliphatic rings. The molecule has 4 aromatic rings. The van der Waals surface area contributed by atoms with Gasteiger partial charge in [0, 0.05) is 38.4 Å². The third kappa shape index (κ3) is 4.89. The first-order valence-corrected chi connectivity index (χ1v) is 11.4. The van der Waals surface area contributed by atoms with E-state index in [1.807, 2.05) is 62.8 Å². The Hall–Kier alpha value is -3.45. The van der Waals surface area contributed by atoms with Crippen molar-refractivity contribution in [3.05, 3.63) is 89.2 Å². The summed E-state index contributed by atoms with van der Waals surface area (Å²) in [6.45, 7) is 0.476. The molecule has 0 aliphatic heterocycles. The van der Waals surface area contributed by atoms with Gasteiger partial charge < -0.3 is 14.8 Å². The van der Waals surface area contributed by atoms with Crippen LogP contribution in [0.3, 0.4) is 0 Å². The van der Waals surface area contributed by atoms with E-state index in [0.717, 1.165) is 15.8 Å². The first-order valence-electron chi connectivity index (χ1n) is 10.6. The fraction of sp³-hybridized carbons (Fsp3) is 0.240. The van der Waals surface area contributed by atoms with E-state index in [2.05, 4.69) is 22.4 Å². The SMILES string of the molecule is CN(C(=O)c1ccc2scnc2c1)C(CCNC(=O)c1cccn1C)Cc1ccccc1. The quantitative estimate of drug-likeness (QED) is 0.442. The van der Waals surface area contributed by atoms with Crippen LogP contribution in [0.4, 0.5) is 0 Å². The number of benzene rings is 2. The highest BCUT2D eigenvalue weighted by molar-refractivity contribution is 7.16. The number of rotatable bonds is 8. The molecular weight excluding hydrogens is 420 g/mol. The molecule has 7 heteroatoms. The van der Waals surface area contributed by atoms with Gasteiger partial charge in [-0.2, -0.15) is 0 Å². The van der Waals surface area contributed by atoms with Crippen molar-refractivity contribution in [3.8, 4) is 0 Å². The molecule has 0 saturated heterocycles. The summed E-state index contributed by atoms with van der Waals surface area (Å²) in [5, 5.41) is 2.99. The zero-order valence-corrected chi connectivity index (χ0v) is 19.0. The number of likely N-dealkylation sites (N-methyl/N-ethyl adjacent to an activating group) is 1. The number of aromatic nitrogens is 2. The summed E-state index contributed by atoms with van der Waals surface area (Å²) in [5.41, 5.74) is 5.02. The molecule has 1 N–H and O–H groups in total. The fourth-order valence-electron chi connectivity index (χ4n) is 3.82. The maximum absolute atomic E-state index is 13.3. The van der Waals surface area contributed by atoms with Crippen LogP contribution in [0.1, 0.15) is 32.8 Å². The standard InChI is InChI=1S/C25H26N4O2S/c1-28-14-6-9-22(28)24(30)26-13-12-20(15-18-7-4-3-5-8-18)29(2)25(31)19-10-11-23-21(16-19)27-17-32-23/h3-11,14,16-17,20H,12-13,15H2,1-2H3,(H,26,30). The Morgan fingerprint density at radius 1 is 1.12 bits per heavy atom. The summed E-state index contributed by atoms with van der Waals surface area (Å²) in [4.78, 5) is 31.9. The van der Waals surface area contributed by atoms with Crippen LogP contribution < -0.4 is 5.32 Å². The Bertz CT molecular complexity index is 1210. The molecule has 32 heavy (non-hydrogen) atoms. The maximum atomic E-state index is 13.3. The Morgan fingerprint density at radius 2 is 1.94 bits per heavy atom. The molecule has 1 unspecified atom stereocenters. The fourth-order valence-corrected chi connectivity index (χ4v) is 4.48. The highest BCUT2D eigenvalue weighted by atomic mass is 32.1. The summed E-state index contributed by atoms with van der Waals surface area (Å²) in [6.07, 6.45) is 3.20. The third-order valence-corrected chi connectivity index (χ3v) is 6.51. The van der Waals surface area contributed by atoms with Crippen LogP contribution in [0.5, 0.6) is 0 Å². The van der Waals surface area contributed by atoms with Crippen LogP contribution in [-0.4, -0.2) is 45.9 Å². The lowest BCUT2D eigenvalue weighted by atomic mass is 10.0. The molecule has 2 aromatic carbocycles. The number of thiazole rings is 1. The van der Waals surface area contributed by atoms with Crippen molar-refractivity contribution < 1.29 is 9.59 Å². The Morgan fingerprint density at radius 3 is 2.69 bits per heavy atom. The molecule has 6 nitrogen and oxygen atoms in total. The predicted octanol–water partition coefficient (Wildman–Crippen LogP) is 4.14. The normalized spacial score (nSPS) is 11.9. The minimum atomic E-state index is -0.112. The van der Waals surface area contributed by atoms with E-state index in [-0.39, 0.29) is 17.9 Å². The van der Waals surface area contributed by atoms with Gasteiger partial charge in [-0.05, 0) is 48.7 Å². The average Bonchev–Trinajstić information content (AvgIpc) is 3.46. The van der Waals surface area contributed by atoms with Crippen molar-refractivity contribution in [3.63, 3.8) is 0 Å². The third-order valence-electron chi connectivity index (χ3n) is 5.70. The monoisotopic (exact) mass is 446 g/mol.